The summed E-state index contributed by atoms with van der Waals surface area (Å²) in [4.78, 5) is 20.7. The minimum Gasteiger partial charge on any atom is -0.348 e. The molecule has 1 amide bonds. The lowest BCUT2D eigenvalue weighted by molar-refractivity contribution is 0.0951. The van der Waals surface area contributed by atoms with E-state index in [0.717, 1.165) is 11.1 Å². The van der Waals surface area contributed by atoms with Gasteiger partial charge in [0.15, 0.2) is 0 Å². The van der Waals surface area contributed by atoms with Gasteiger partial charge in [0, 0.05) is 24.5 Å². The Morgan fingerprint density at radius 3 is 2.85 bits per heavy atom. The number of carbonyl (C=O) groups is 1. The number of pyridine rings is 1. The van der Waals surface area contributed by atoms with Crippen molar-refractivity contribution in [3.8, 4) is 5.69 Å². The zero-order valence-corrected chi connectivity index (χ0v) is 13.8. The van der Waals surface area contributed by atoms with E-state index in [1.165, 1.54) is 12.1 Å². The second-order valence-corrected chi connectivity index (χ2v) is 5.84. The highest BCUT2D eigenvalue weighted by molar-refractivity contribution is 5.97. The third-order valence-electron chi connectivity index (χ3n) is 4.07. The molecule has 0 spiro atoms. The Morgan fingerprint density at radius 2 is 2.04 bits per heavy atom. The molecule has 0 aliphatic rings. The number of carbonyl (C=O) groups excluding carboxylic acids is 1. The Kier molecular flexibility index (Phi) is 4.15. The highest BCUT2D eigenvalue weighted by Crippen LogP contribution is 2.20. The number of nitrogens with one attached hydrogen (secondary N) is 1. The number of hydrogen-bond acceptors (Lipinski definition) is 3. The molecular weight excluding hydrogens is 331 g/mol. The molecule has 128 valence electrons. The SMILES string of the molecule is O=C(NCc1cccnc1)c1ccc2c(c1)ncn2-c1cccc(F)c1. The first kappa shape index (κ1) is 16.0. The van der Waals surface area contributed by atoms with E-state index in [9.17, 15) is 9.18 Å². The van der Waals surface area contributed by atoms with E-state index in [1.807, 2.05) is 18.2 Å². The second-order valence-electron chi connectivity index (χ2n) is 5.84. The van der Waals surface area contributed by atoms with Crippen LogP contribution in [0.4, 0.5) is 4.39 Å². The van der Waals surface area contributed by atoms with Gasteiger partial charge in [-0.15, -0.1) is 0 Å². The molecule has 4 rings (SSSR count). The van der Waals surface area contributed by atoms with Crippen LogP contribution in [0.3, 0.4) is 0 Å². The molecule has 5 nitrogen and oxygen atoms in total. The number of nitrogens with zero attached hydrogens (tertiary/aromatic N) is 3. The predicted octanol–water partition coefficient (Wildman–Crippen LogP) is 3.49. The maximum absolute atomic E-state index is 13.5. The van der Waals surface area contributed by atoms with Gasteiger partial charge in [0.2, 0.25) is 0 Å². The van der Waals surface area contributed by atoms with Gasteiger partial charge in [0.05, 0.1) is 16.7 Å². The topological polar surface area (TPSA) is 59.8 Å². The number of hydrogen-bond donors (Lipinski definition) is 1. The molecule has 4 aromatic rings. The lowest BCUT2D eigenvalue weighted by Gasteiger charge is -2.07. The van der Waals surface area contributed by atoms with Gasteiger partial charge in [-0.25, -0.2) is 9.37 Å². The average Bonchev–Trinajstić information content (AvgIpc) is 3.10. The van der Waals surface area contributed by atoms with Crippen molar-refractivity contribution < 1.29 is 9.18 Å². The van der Waals surface area contributed by atoms with Crippen LogP contribution in [0.5, 0.6) is 0 Å². The summed E-state index contributed by atoms with van der Waals surface area (Å²) in [6, 6.07) is 15.3. The van der Waals surface area contributed by atoms with Crippen LogP contribution in [0.25, 0.3) is 16.7 Å². The van der Waals surface area contributed by atoms with Gasteiger partial charge in [-0.2, -0.15) is 0 Å². The van der Waals surface area contributed by atoms with E-state index in [2.05, 4.69) is 15.3 Å². The van der Waals surface area contributed by atoms with Crippen LogP contribution < -0.4 is 5.32 Å². The van der Waals surface area contributed by atoms with Crippen molar-refractivity contribution in [1.82, 2.24) is 19.9 Å². The lowest BCUT2D eigenvalue weighted by atomic mass is 10.1. The largest absolute Gasteiger partial charge is 0.348 e. The number of fused-ring (bicyclic) bond motifs is 1. The fourth-order valence-electron chi connectivity index (χ4n) is 2.77. The number of amides is 1. The Hall–Kier alpha value is -3.54. The Balaban J connectivity index is 1.57. The molecule has 0 radical (unpaired) electrons. The van der Waals surface area contributed by atoms with E-state index in [4.69, 9.17) is 0 Å². The standard InChI is InChI=1S/C20H15FN4O/c21-16-4-1-5-17(10-16)25-13-24-18-9-15(6-7-19(18)25)20(26)23-12-14-3-2-8-22-11-14/h1-11,13H,12H2,(H,23,26). The van der Waals surface area contributed by atoms with Crippen LogP contribution in [0.1, 0.15) is 15.9 Å². The van der Waals surface area contributed by atoms with Crippen LogP contribution in [-0.4, -0.2) is 20.4 Å². The summed E-state index contributed by atoms with van der Waals surface area (Å²) in [5, 5.41) is 2.86. The van der Waals surface area contributed by atoms with Crippen molar-refractivity contribution in [2.45, 2.75) is 6.54 Å². The van der Waals surface area contributed by atoms with Gasteiger partial charge < -0.3 is 5.32 Å². The summed E-state index contributed by atoms with van der Waals surface area (Å²) in [5.41, 5.74) is 3.60. The maximum Gasteiger partial charge on any atom is 0.251 e. The van der Waals surface area contributed by atoms with Crippen LogP contribution >= 0.6 is 0 Å². The number of rotatable bonds is 4. The quantitative estimate of drug-likeness (QED) is 0.615. The predicted molar refractivity (Wildman–Crippen MR) is 96.4 cm³/mol. The minimum absolute atomic E-state index is 0.184. The summed E-state index contributed by atoms with van der Waals surface area (Å²) in [6.07, 6.45) is 5.02. The molecule has 2 heterocycles. The number of halogens is 1. The molecule has 2 aromatic heterocycles. The molecule has 0 saturated heterocycles. The van der Waals surface area contributed by atoms with Crippen molar-refractivity contribution in [2.24, 2.45) is 0 Å². The van der Waals surface area contributed by atoms with E-state index < -0.39 is 0 Å². The summed E-state index contributed by atoms with van der Waals surface area (Å²) < 4.78 is 15.3. The average molecular weight is 346 g/mol. The third kappa shape index (κ3) is 3.17. The van der Waals surface area contributed by atoms with Gasteiger partial charge in [0.1, 0.15) is 12.1 Å². The second kappa shape index (κ2) is 6.76. The Labute approximate surface area is 149 Å². The van der Waals surface area contributed by atoms with Crippen molar-refractivity contribution >= 4 is 16.9 Å². The first-order chi connectivity index (χ1) is 12.7. The van der Waals surface area contributed by atoms with E-state index >= 15 is 0 Å². The van der Waals surface area contributed by atoms with Gasteiger partial charge in [0.25, 0.3) is 5.91 Å². The van der Waals surface area contributed by atoms with Gasteiger partial charge in [-0.05, 0) is 48.0 Å². The molecule has 0 bridgehead atoms. The molecule has 6 heteroatoms. The Morgan fingerprint density at radius 1 is 1.12 bits per heavy atom. The summed E-state index contributed by atoms with van der Waals surface area (Å²) in [6.45, 7) is 0.405. The first-order valence-corrected chi connectivity index (χ1v) is 8.11. The number of aromatic nitrogens is 3. The number of benzene rings is 2. The van der Waals surface area contributed by atoms with Crippen molar-refractivity contribution in [1.29, 1.82) is 0 Å². The van der Waals surface area contributed by atoms with E-state index in [0.29, 0.717) is 23.3 Å². The molecule has 0 saturated carbocycles. The summed E-state index contributed by atoms with van der Waals surface area (Å²) in [7, 11) is 0. The fraction of sp³-hybridized carbons (Fsp3) is 0.0500. The van der Waals surface area contributed by atoms with E-state index in [-0.39, 0.29) is 11.7 Å². The maximum atomic E-state index is 13.5. The van der Waals surface area contributed by atoms with Crippen molar-refractivity contribution in [3.63, 3.8) is 0 Å². The van der Waals surface area contributed by atoms with Gasteiger partial charge >= 0.3 is 0 Å². The van der Waals surface area contributed by atoms with Gasteiger partial charge in [-0.1, -0.05) is 12.1 Å². The molecule has 0 fully saturated rings. The van der Waals surface area contributed by atoms with Crippen LogP contribution in [-0.2, 0) is 6.54 Å². The molecular formula is C20H15FN4O. The molecule has 0 unspecified atom stereocenters. The van der Waals surface area contributed by atoms with Crippen LogP contribution in [0, 0.1) is 5.82 Å². The normalized spacial score (nSPS) is 10.8. The third-order valence-corrected chi connectivity index (χ3v) is 4.07. The molecule has 0 aliphatic heterocycles. The van der Waals surface area contributed by atoms with Crippen molar-refractivity contribution in [3.05, 3.63) is 90.3 Å². The van der Waals surface area contributed by atoms with Crippen LogP contribution in [0.2, 0.25) is 0 Å². The monoisotopic (exact) mass is 346 g/mol. The zero-order valence-electron chi connectivity index (χ0n) is 13.8. The zero-order chi connectivity index (χ0) is 17.9. The summed E-state index contributed by atoms with van der Waals surface area (Å²) >= 11 is 0. The molecule has 0 atom stereocenters. The fourth-order valence-corrected chi connectivity index (χ4v) is 2.77. The molecule has 0 aliphatic carbocycles. The smallest absolute Gasteiger partial charge is 0.251 e. The first-order valence-electron chi connectivity index (χ1n) is 8.11. The van der Waals surface area contributed by atoms with Gasteiger partial charge in [-0.3, -0.25) is 14.3 Å². The Bertz CT molecular complexity index is 1080. The highest BCUT2D eigenvalue weighted by Gasteiger charge is 2.10. The van der Waals surface area contributed by atoms with E-state index in [1.54, 1.807) is 47.6 Å². The highest BCUT2D eigenvalue weighted by atomic mass is 19.1. The molecule has 2 aromatic carbocycles. The van der Waals surface area contributed by atoms with Crippen molar-refractivity contribution in [2.75, 3.05) is 0 Å². The molecule has 26 heavy (non-hydrogen) atoms. The minimum atomic E-state index is -0.309. The number of imidazole rings is 1. The molecule has 1 N–H and O–H groups in total. The lowest BCUT2D eigenvalue weighted by Crippen LogP contribution is -2.22. The van der Waals surface area contributed by atoms with Crippen LogP contribution in [0.15, 0.2) is 73.3 Å². The summed E-state index contributed by atoms with van der Waals surface area (Å²) in [5.74, 6) is -0.494.